The number of nitrogens with zero attached hydrogens (tertiary/aromatic N) is 1. The number of carboxylic acid groups (broad SMARTS) is 1. The van der Waals surface area contributed by atoms with Gasteiger partial charge >= 0.3 is 5.97 Å². The molecular weight excluding hydrogens is 223 g/mol. The molecule has 0 heterocycles. The van der Waals surface area contributed by atoms with Crippen LogP contribution in [0.25, 0.3) is 0 Å². The maximum absolute atomic E-state index is 13.1. The largest absolute Gasteiger partial charge is 0.480 e. The van der Waals surface area contributed by atoms with Crippen LogP contribution in [0.3, 0.4) is 0 Å². The van der Waals surface area contributed by atoms with Crippen molar-refractivity contribution in [2.24, 2.45) is 5.92 Å². The van der Waals surface area contributed by atoms with E-state index in [0.717, 1.165) is 18.9 Å². The van der Waals surface area contributed by atoms with Crippen LogP contribution in [0.4, 0.5) is 10.1 Å². The maximum Gasteiger partial charge on any atom is 0.326 e. The van der Waals surface area contributed by atoms with Crippen molar-refractivity contribution in [2.75, 3.05) is 5.32 Å². The third-order valence-electron chi connectivity index (χ3n) is 2.77. The van der Waals surface area contributed by atoms with Crippen LogP contribution < -0.4 is 5.32 Å². The van der Waals surface area contributed by atoms with Gasteiger partial charge < -0.3 is 10.4 Å². The number of benzene rings is 1. The quantitative estimate of drug-likeness (QED) is 0.835. The first-order valence-electron chi connectivity index (χ1n) is 5.31. The summed E-state index contributed by atoms with van der Waals surface area (Å²) in [6, 6.07) is 4.99. The van der Waals surface area contributed by atoms with Crippen LogP contribution in [0.15, 0.2) is 18.2 Å². The van der Waals surface area contributed by atoms with Gasteiger partial charge in [-0.2, -0.15) is 5.26 Å². The molecule has 1 fully saturated rings. The Balaban J connectivity index is 2.17. The number of anilines is 1. The Hall–Kier alpha value is -2.09. The van der Waals surface area contributed by atoms with Crippen molar-refractivity contribution in [2.45, 2.75) is 18.9 Å². The summed E-state index contributed by atoms with van der Waals surface area (Å²) in [5, 5.41) is 20.5. The molecule has 0 amide bonds. The van der Waals surface area contributed by atoms with E-state index >= 15 is 0 Å². The molecule has 1 atom stereocenters. The van der Waals surface area contributed by atoms with Crippen molar-refractivity contribution in [1.82, 2.24) is 0 Å². The number of carbonyl (C=O) groups is 1. The molecule has 1 aliphatic rings. The van der Waals surface area contributed by atoms with Crippen molar-refractivity contribution in [3.05, 3.63) is 29.6 Å². The molecule has 4 nitrogen and oxygen atoms in total. The molecule has 0 radical (unpaired) electrons. The van der Waals surface area contributed by atoms with E-state index < -0.39 is 17.8 Å². The molecule has 0 saturated heterocycles. The number of rotatable bonds is 4. The summed E-state index contributed by atoms with van der Waals surface area (Å²) in [6.07, 6.45) is 1.77. The van der Waals surface area contributed by atoms with Gasteiger partial charge in [-0.15, -0.1) is 0 Å². The Labute approximate surface area is 97.7 Å². The van der Waals surface area contributed by atoms with Crippen LogP contribution in [0.2, 0.25) is 0 Å². The van der Waals surface area contributed by atoms with Crippen LogP contribution in [-0.4, -0.2) is 17.1 Å². The zero-order valence-electron chi connectivity index (χ0n) is 8.98. The van der Waals surface area contributed by atoms with Gasteiger partial charge in [0.1, 0.15) is 17.9 Å². The summed E-state index contributed by atoms with van der Waals surface area (Å²) in [4.78, 5) is 11.0. The predicted octanol–water partition coefficient (Wildman–Crippen LogP) is 1.97. The second-order valence-electron chi connectivity index (χ2n) is 4.10. The van der Waals surface area contributed by atoms with E-state index in [9.17, 15) is 9.18 Å². The van der Waals surface area contributed by atoms with E-state index in [4.69, 9.17) is 10.4 Å². The van der Waals surface area contributed by atoms with E-state index in [1.165, 1.54) is 12.1 Å². The minimum atomic E-state index is -0.921. The zero-order chi connectivity index (χ0) is 12.4. The number of halogens is 1. The van der Waals surface area contributed by atoms with Crippen LogP contribution in [-0.2, 0) is 4.79 Å². The second-order valence-corrected chi connectivity index (χ2v) is 4.10. The monoisotopic (exact) mass is 234 g/mol. The van der Waals surface area contributed by atoms with Crippen molar-refractivity contribution < 1.29 is 14.3 Å². The second kappa shape index (κ2) is 4.42. The lowest BCUT2D eigenvalue weighted by Gasteiger charge is -2.15. The smallest absolute Gasteiger partial charge is 0.326 e. The Morgan fingerprint density at radius 3 is 2.82 bits per heavy atom. The molecule has 1 saturated carbocycles. The summed E-state index contributed by atoms with van der Waals surface area (Å²) in [5.41, 5.74) is 0.372. The fourth-order valence-corrected chi connectivity index (χ4v) is 1.69. The normalized spacial score (nSPS) is 16.0. The first kappa shape index (κ1) is 11.4. The van der Waals surface area contributed by atoms with E-state index in [1.807, 2.05) is 0 Å². The molecule has 1 unspecified atom stereocenters. The van der Waals surface area contributed by atoms with E-state index in [1.54, 1.807) is 6.07 Å². The highest BCUT2D eigenvalue weighted by atomic mass is 19.1. The zero-order valence-corrected chi connectivity index (χ0v) is 8.98. The summed E-state index contributed by atoms with van der Waals surface area (Å²) in [5.74, 6) is -1.39. The fourth-order valence-electron chi connectivity index (χ4n) is 1.69. The molecule has 17 heavy (non-hydrogen) atoms. The van der Waals surface area contributed by atoms with E-state index in [-0.39, 0.29) is 11.5 Å². The molecule has 0 bridgehead atoms. The van der Waals surface area contributed by atoms with Gasteiger partial charge in [0, 0.05) is 5.69 Å². The summed E-state index contributed by atoms with van der Waals surface area (Å²) in [7, 11) is 0. The number of nitriles is 1. The van der Waals surface area contributed by atoms with Crippen molar-refractivity contribution in [3.8, 4) is 6.07 Å². The molecule has 1 aromatic carbocycles. The molecular formula is C12H11FN2O2. The minimum Gasteiger partial charge on any atom is -0.480 e. The first-order valence-corrected chi connectivity index (χ1v) is 5.31. The van der Waals surface area contributed by atoms with Gasteiger partial charge in [-0.05, 0) is 37.0 Å². The highest BCUT2D eigenvalue weighted by Gasteiger charge is 2.36. The molecule has 1 aromatic rings. The summed E-state index contributed by atoms with van der Waals surface area (Å²) >= 11 is 0. The fraction of sp³-hybridized carbons (Fsp3) is 0.333. The lowest BCUT2D eigenvalue weighted by atomic mass is 10.1. The highest BCUT2D eigenvalue weighted by molar-refractivity contribution is 5.78. The van der Waals surface area contributed by atoms with Crippen molar-refractivity contribution in [3.63, 3.8) is 0 Å². The Kier molecular flexibility index (Phi) is 2.96. The van der Waals surface area contributed by atoms with Crippen LogP contribution >= 0.6 is 0 Å². The molecule has 88 valence electrons. The number of nitrogens with one attached hydrogen (secondary N) is 1. The first-order chi connectivity index (χ1) is 8.11. The number of aliphatic carboxylic acids is 1. The number of hydrogen-bond donors (Lipinski definition) is 2. The van der Waals surface area contributed by atoms with Crippen molar-refractivity contribution in [1.29, 1.82) is 5.26 Å². The van der Waals surface area contributed by atoms with Gasteiger partial charge in [0.25, 0.3) is 0 Å². The van der Waals surface area contributed by atoms with E-state index in [2.05, 4.69) is 5.32 Å². The molecule has 0 aliphatic heterocycles. The third kappa shape index (κ3) is 2.53. The van der Waals surface area contributed by atoms with Crippen LogP contribution in [0.5, 0.6) is 0 Å². The van der Waals surface area contributed by atoms with E-state index in [0.29, 0.717) is 5.69 Å². The van der Waals surface area contributed by atoms with Crippen LogP contribution in [0.1, 0.15) is 18.4 Å². The highest BCUT2D eigenvalue weighted by Crippen LogP contribution is 2.34. The van der Waals surface area contributed by atoms with Gasteiger partial charge in [0.05, 0.1) is 5.56 Å². The Morgan fingerprint density at radius 2 is 2.29 bits per heavy atom. The Morgan fingerprint density at radius 1 is 1.59 bits per heavy atom. The SMILES string of the molecule is N#Cc1cc(NC(C(=O)O)C2CC2)ccc1F. The molecule has 2 rings (SSSR count). The predicted molar refractivity (Wildman–Crippen MR) is 58.9 cm³/mol. The Bertz CT molecular complexity index is 492. The molecule has 1 aliphatic carbocycles. The third-order valence-corrected chi connectivity index (χ3v) is 2.77. The van der Waals surface area contributed by atoms with Gasteiger partial charge in [-0.3, -0.25) is 0 Å². The van der Waals surface area contributed by atoms with Gasteiger partial charge in [-0.25, -0.2) is 9.18 Å². The molecule has 0 spiro atoms. The van der Waals surface area contributed by atoms with Gasteiger partial charge in [0.15, 0.2) is 0 Å². The molecule has 0 aromatic heterocycles. The number of carboxylic acids is 1. The van der Waals surface area contributed by atoms with Gasteiger partial charge in [-0.1, -0.05) is 0 Å². The topological polar surface area (TPSA) is 73.1 Å². The summed E-state index contributed by atoms with van der Waals surface area (Å²) < 4.78 is 13.1. The van der Waals surface area contributed by atoms with Crippen molar-refractivity contribution >= 4 is 11.7 Å². The number of hydrogen-bond acceptors (Lipinski definition) is 3. The lowest BCUT2D eigenvalue weighted by molar-refractivity contribution is -0.138. The van der Waals surface area contributed by atoms with Gasteiger partial charge in [0.2, 0.25) is 0 Å². The molecule has 2 N–H and O–H groups in total. The minimum absolute atomic E-state index is 0.0880. The maximum atomic E-state index is 13.1. The van der Waals surface area contributed by atoms with Crippen LogP contribution in [0, 0.1) is 23.1 Å². The summed E-state index contributed by atoms with van der Waals surface area (Å²) in [6.45, 7) is 0. The standard InChI is InChI=1S/C12H11FN2O2/c13-10-4-3-9(5-8(10)6-14)15-11(12(16)17)7-1-2-7/h3-5,7,11,15H,1-2H2,(H,16,17). The lowest BCUT2D eigenvalue weighted by Crippen LogP contribution is -2.31. The average Bonchev–Trinajstić information content (AvgIpc) is 3.11. The average molecular weight is 234 g/mol. The molecule has 5 heteroatoms.